The average molecular weight is 420 g/mol. The topological polar surface area (TPSA) is 34.1 Å². The summed E-state index contributed by atoms with van der Waals surface area (Å²) in [5.41, 5.74) is 0. The molecular formula is C25H49BN2O2. The SMILES string of the molecule is CCCCCCCCCCCCC/C=C/C1OB(CCCC)OCC1N=CN(C)C. The summed E-state index contributed by atoms with van der Waals surface area (Å²) in [5.74, 6) is 0. The highest BCUT2D eigenvalue weighted by molar-refractivity contribution is 6.44. The Hall–Kier alpha value is -0.805. The molecule has 0 aromatic rings. The van der Waals surface area contributed by atoms with Gasteiger partial charge in [0.05, 0.1) is 19.0 Å². The standard InChI is InChI=1S/C25H49BN2O2/c1-5-7-9-10-11-12-13-14-15-16-17-18-19-20-25-24(27-23-28(3)4)22-29-26(30-25)21-8-6-2/h19-20,23-25H,5-18,21-22H2,1-4H3/b20-19+,27-23?. The van der Waals surface area contributed by atoms with Crippen LogP contribution in [0.15, 0.2) is 17.1 Å². The molecule has 0 aromatic heterocycles. The lowest BCUT2D eigenvalue weighted by atomic mass is 9.80. The minimum Gasteiger partial charge on any atom is -0.409 e. The maximum Gasteiger partial charge on any atom is 0.457 e. The van der Waals surface area contributed by atoms with Crippen LogP contribution < -0.4 is 0 Å². The molecule has 0 radical (unpaired) electrons. The summed E-state index contributed by atoms with van der Waals surface area (Å²) >= 11 is 0. The van der Waals surface area contributed by atoms with Crippen LogP contribution in [0.3, 0.4) is 0 Å². The average Bonchev–Trinajstić information content (AvgIpc) is 2.74. The molecule has 0 N–H and O–H groups in total. The molecule has 30 heavy (non-hydrogen) atoms. The van der Waals surface area contributed by atoms with E-state index < -0.39 is 0 Å². The Kier molecular flexibility index (Phi) is 17.2. The Morgan fingerprint density at radius 2 is 1.47 bits per heavy atom. The Morgan fingerprint density at radius 3 is 2.07 bits per heavy atom. The minimum absolute atomic E-state index is 0.0320. The molecule has 1 aliphatic rings. The predicted molar refractivity (Wildman–Crippen MR) is 132 cm³/mol. The molecule has 1 heterocycles. The molecule has 0 aliphatic carbocycles. The molecule has 0 saturated carbocycles. The van der Waals surface area contributed by atoms with E-state index >= 15 is 0 Å². The van der Waals surface area contributed by atoms with E-state index in [9.17, 15) is 0 Å². The monoisotopic (exact) mass is 420 g/mol. The first kappa shape index (κ1) is 27.2. The molecular weight excluding hydrogens is 371 g/mol. The minimum atomic E-state index is -0.0765. The first-order valence-electron chi connectivity index (χ1n) is 12.8. The lowest BCUT2D eigenvalue weighted by Gasteiger charge is -2.31. The number of nitrogens with zero attached hydrogens (tertiary/aromatic N) is 2. The van der Waals surface area contributed by atoms with Crippen molar-refractivity contribution in [2.24, 2.45) is 4.99 Å². The lowest BCUT2D eigenvalue weighted by Crippen LogP contribution is -2.44. The normalized spacial score (nSPS) is 19.9. The summed E-state index contributed by atoms with van der Waals surface area (Å²) in [5, 5.41) is 0. The van der Waals surface area contributed by atoms with E-state index in [1.165, 1.54) is 77.0 Å². The highest BCUT2D eigenvalue weighted by atomic mass is 16.6. The Labute approximate surface area is 188 Å². The van der Waals surface area contributed by atoms with Crippen molar-refractivity contribution < 1.29 is 9.31 Å². The third-order valence-corrected chi connectivity index (χ3v) is 5.72. The first-order chi connectivity index (χ1) is 14.7. The van der Waals surface area contributed by atoms with Gasteiger partial charge in [0.1, 0.15) is 6.04 Å². The van der Waals surface area contributed by atoms with Crippen molar-refractivity contribution in [1.82, 2.24) is 4.90 Å². The van der Waals surface area contributed by atoms with Gasteiger partial charge in [0.15, 0.2) is 0 Å². The van der Waals surface area contributed by atoms with E-state index in [-0.39, 0.29) is 19.3 Å². The number of rotatable bonds is 18. The molecule has 0 aromatic carbocycles. The maximum atomic E-state index is 6.20. The van der Waals surface area contributed by atoms with Crippen LogP contribution in [-0.4, -0.2) is 51.2 Å². The van der Waals surface area contributed by atoms with E-state index in [0.717, 1.165) is 19.2 Å². The molecule has 1 rings (SSSR count). The summed E-state index contributed by atoms with van der Waals surface area (Å²) < 4.78 is 12.1. The summed E-state index contributed by atoms with van der Waals surface area (Å²) in [7, 11) is 3.91. The predicted octanol–water partition coefficient (Wildman–Crippen LogP) is 6.91. The van der Waals surface area contributed by atoms with Crippen LogP contribution in [-0.2, 0) is 9.31 Å². The lowest BCUT2D eigenvalue weighted by molar-refractivity contribution is 0.0742. The zero-order chi connectivity index (χ0) is 21.9. The van der Waals surface area contributed by atoms with E-state index in [1.807, 2.05) is 25.3 Å². The zero-order valence-electron chi connectivity index (χ0n) is 20.5. The van der Waals surface area contributed by atoms with Crippen molar-refractivity contribution in [3.63, 3.8) is 0 Å². The summed E-state index contributed by atoms with van der Waals surface area (Å²) in [4.78, 5) is 6.63. The summed E-state index contributed by atoms with van der Waals surface area (Å²) in [6, 6.07) is 0.0545. The van der Waals surface area contributed by atoms with Crippen molar-refractivity contribution in [3.05, 3.63) is 12.2 Å². The van der Waals surface area contributed by atoms with Gasteiger partial charge >= 0.3 is 7.12 Å². The summed E-state index contributed by atoms with van der Waals surface area (Å²) in [6.45, 7) is 5.14. The molecule has 5 heteroatoms. The molecule has 0 spiro atoms. The highest BCUT2D eigenvalue weighted by Gasteiger charge is 2.32. The van der Waals surface area contributed by atoms with Gasteiger partial charge < -0.3 is 14.2 Å². The Morgan fingerprint density at radius 1 is 0.867 bits per heavy atom. The van der Waals surface area contributed by atoms with E-state index in [0.29, 0.717) is 6.61 Å². The first-order valence-corrected chi connectivity index (χ1v) is 12.8. The van der Waals surface area contributed by atoms with Gasteiger partial charge in [-0.25, -0.2) is 0 Å². The van der Waals surface area contributed by atoms with E-state index in [1.54, 1.807) is 0 Å². The highest BCUT2D eigenvalue weighted by Crippen LogP contribution is 2.19. The fourth-order valence-corrected chi connectivity index (χ4v) is 3.81. The van der Waals surface area contributed by atoms with Gasteiger partial charge in [-0.2, -0.15) is 0 Å². The molecule has 0 amide bonds. The third-order valence-electron chi connectivity index (χ3n) is 5.72. The van der Waals surface area contributed by atoms with Crippen LogP contribution in [0.2, 0.25) is 6.32 Å². The number of aliphatic imine (C=N–C) groups is 1. The largest absolute Gasteiger partial charge is 0.457 e. The van der Waals surface area contributed by atoms with Gasteiger partial charge in [0.25, 0.3) is 0 Å². The molecule has 174 valence electrons. The fourth-order valence-electron chi connectivity index (χ4n) is 3.81. The quantitative estimate of drug-likeness (QED) is 0.0795. The molecule has 1 saturated heterocycles. The van der Waals surface area contributed by atoms with Gasteiger partial charge in [0.2, 0.25) is 0 Å². The van der Waals surface area contributed by atoms with Crippen molar-refractivity contribution >= 4 is 13.5 Å². The second-order valence-electron chi connectivity index (χ2n) is 9.05. The maximum absolute atomic E-state index is 6.20. The van der Waals surface area contributed by atoms with Gasteiger partial charge in [-0.15, -0.1) is 0 Å². The molecule has 0 bridgehead atoms. The van der Waals surface area contributed by atoms with Crippen molar-refractivity contribution in [3.8, 4) is 0 Å². The third kappa shape index (κ3) is 14.2. The fraction of sp³-hybridized carbons (Fsp3) is 0.880. The number of unbranched alkanes of at least 4 members (excludes halogenated alkanes) is 12. The Bertz CT molecular complexity index is 443. The van der Waals surface area contributed by atoms with Crippen molar-refractivity contribution in [2.75, 3.05) is 20.7 Å². The van der Waals surface area contributed by atoms with Crippen LogP contribution in [0.4, 0.5) is 0 Å². The molecule has 1 aliphatic heterocycles. The number of hydrogen-bond acceptors (Lipinski definition) is 3. The van der Waals surface area contributed by atoms with Crippen molar-refractivity contribution in [2.45, 2.75) is 122 Å². The second kappa shape index (κ2) is 18.9. The van der Waals surface area contributed by atoms with Crippen LogP contribution in [0.1, 0.15) is 104 Å². The number of hydrogen-bond donors (Lipinski definition) is 0. The zero-order valence-corrected chi connectivity index (χ0v) is 20.5. The number of allylic oxidation sites excluding steroid dienone is 1. The van der Waals surface area contributed by atoms with Crippen LogP contribution >= 0.6 is 0 Å². The Balaban J connectivity index is 2.20. The van der Waals surface area contributed by atoms with Gasteiger partial charge in [-0.1, -0.05) is 103 Å². The van der Waals surface area contributed by atoms with Gasteiger partial charge in [-0.05, 0) is 19.2 Å². The van der Waals surface area contributed by atoms with Gasteiger partial charge in [-0.3, -0.25) is 4.99 Å². The van der Waals surface area contributed by atoms with Crippen LogP contribution in [0.25, 0.3) is 0 Å². The van der Waals surface area contributed by atoms with E-state index in [2.05, 4.69) is 31.0 Å². The smallest absolute Gasteiger partial charge is 0.409 e. The van der Waals surface area contributed by atoms with Crippen LogP contribution in [0, 0.1) is 0 Å². The molecule has 2 unspecified atom stereocenters. The summed E-state index contributed by atoms with van der Waals surface area (Å²) in [6.07, 6.45) is 26.2. The second-order valence-corrected chi connectivity index (χ2v) is 9.05. The van der Waals surface area contributed by atoms with Gasteiger partial charge in [0, 0.05) is 14.1 Å². The van der Waals surface area contributed by atoms with Crippen molar-refractivity contribution in [1.29, 1.82) is 0 Å². The molecule has 1 fully saturated rings. The van der Waals surface area contributed by atoms with Crippen LogP contribution in [0.5, 0.6) is 0 Å². The van der Waals surface area contributed by atoms with E-state index in [4.69, 9.17) is 9.31 Å². The molecule has 2 atom stereocenters. The molecule has 4 nitrogen and oxygen atoms in total.